The van der Waals surface area contributed by atoms with Crippen molar-refractivity contribution in [3.8, 4) is 10.6 Å². The molecule has 1 aliphatic rings. The van der Waals surface area contributed by atoms with Gasteiger partial charge in [0.25, 0.3) is 0 Å². The number of urea groups is 1. The SMILES string of the molecule is Cc1nc(-c2ccc(CCNC(=O)N3CCN(Cc4cn5ccccc5n4)CC3)s2)cs1. The van der Waals surface area contributed by atoms with Crippen LogP contribution < -0.4 is 5.32 Å². The first-order chi connectivity index (χ1) is 15.6. The molecule has 0 unspecified atom stereocenters. The number of pyridine rings is 1. The molecule has 0 aromatic carbocycles. The van der Waals surface area contributed by atoms with Crippen LogP contribution in [-0.4, -0.2) is 62.9 Å². The van der Waals surface area contributed by atoms with Gasteiger partial charge in [-0.15, -0.1) is 22.7 Å². The number of thiazole rings is 1. The number of piperazine rings is 1. The van der Waals surface area contributed by atoms with E-state index in [0.717, 1.165) is 61.2 Å². The quantitative estimate of drug-likeness (QED) is 0.468. The fraction of sp³-hybridized carbons (Fsp3) is 0.348. The summed E-state index contributed by atoms with van der Waals surface area (Å²) in [6.45, 7) is 6.70. The van der Waals surface area contributed by atoms with E-state index in [2.05, 4.69) is 43.9 Å². The van der Waals surface area contributed by atoms with E-state index in [0.29, 0.717) is 6.54 Å². The summed E-state index contributed by atoms with van der Waals surface area (Å²) in [5, 5.41) is 6.26. The number of carbonyl (C=O) groups excluding carboxylic acids is 1. The molecule has 0 aliphatic carbocycles. The second-order valence-corrected chi connectivity index (χ2v) is 10.2. The van der Waals surface area contributed by atoms with Gasteiger partial charge >= 0.3 is 6.03 Å². The van der Waals surface area contributed by atoms with Gasteiger partial charge in [0.2, 0.25) is 0 Å². The number of aromatic nitrogens is 3. The van der Waals surface area contributed by atoms with E-state index >= 15 is 0 Å². The van der Waals surface area contributed by atoms with Crippen LogP contribution in [0.25, 0.3) is 16.2 Å². The maximum atomic E-state index is 12.6. The highest BCUT2D eigenvalue weighted by Gasteiger charge is 2.21. The third-order valence-corrected chi connectivity index (χ3v) is 7.58. The third kappa shape index (κ3) is 4.85. The smallest absolute Gasteiger partial charge is 0.317 e. The van der Waals surface area contributed by atoms with Gasteiger partial charge in [-0.3, -0.25) is 4.90 Å². The van der Waals surface area contributed by atoms with Gasteiger partial charge in [0.1, 0.15) is 5.65 Å². The van der Waals surface area contributed by atoms with Gasteiger partial charge in [-0.05, 0) is 37.6 Å². The van der Waals surface area contributed by atoms with Crippen molar-refractivity contribution < 1.29 is 4.79 Å². The van der Waals surface area contributed by atoms with Crippen LogP contribution in [0.15, 0.2) is 48.1 Å². The van der Waals surface area contributed by atoms with Crippen LogP contribution in [0.4, 0.5) is 4.79 Å². The molecule has 0 atom stereocenters. The Morgan fingerprint density at radius 3 is 2.78 bits per heavy atom. The van der Waals surface area contributed by atoms with Crippen LogP contribution >= 0.6 is 22.7 Å². The molecule has 0 bridgehead atoms. The molecule has 32 heavy (non-hydrogen) atoms. The molecule has 1 fully saturated rings. The molecule has 166 valence electrons. The zero-order chi connectivity index (χ0) is 21.9. The highest BCUT2D eigenvalue weighted by molar-refractivity contribution is 7.16. The van der Waals surface area contributed by atoms with Crippen molar-refractivity contribution in [2.24, 2.45) is 0 Å². The van der Waals surface area contributed by atoms with E-state index in [9.17, 15) is 4.79 Å². The van der Waals surface area contributed by atoms with Crippen molar-refractivity contribution in [1.82, 2.24) is 29.5 Å². The highest BCUT2D eigenvalue weighted by Crippen LogP contribution is 2.29. The summed E-state index contributed by atoms with van der Waals surface area (Å²) in [4.78, 5) is 28.5. The van der Waals surface area contributed by atoms with E-state index < -0.39 is 0 Å². The number of nitrogens with zero attached hydrogens (tertiary/aromatic N) is 5. The standard InChI is InChI=1S/C23H26N6OS2/c1-17-25-20(16-31-17)21-6-5-19(32-21)7-8-24-23(30)28-12-10-27(11-13-28)14-18-15-29-9-3-2-4-22(29)26-18/h2-6,9,15-16H,7-8,10-14H2,1H3,(H,24,30). The first-order valence-corrected chi connectivity index (χ1v) is 12.5. The van der Waals surface area contributed by atoms with E-state index in [-0.39, 0.29) is 6.03 Å². The van der Waals surface area contributed by atoms with Crippen molar-refractivity contribution >= 4 is 34.4 Å². The Labute approximate surface area is 195 Å². The van der Waals surface area contributed by atoms with Crippen molar-refractivity contribution in [2.75, 3.05) is 32.7 Å². The average Bonchev–Trinajstić information content (AvgIpc) is 3.53. The summed E-state index contributed by atoms with van der Waals surface area (Å²) in [6, 6.07) is 10.3. The molecule has 5 rings (SSSR count). The minimum atomic E-state index is 0.0317. The van der Waals surface area contributed by atoms with Crippen molar-refractivity contribution in [1.29, 1.82) is 0 Å². The molecule has 4 aromatic heterocycles. The summed E-state index contributed by atoms with van der Waals surface area (Å²) in [6.07, 6.45) is 4.94. The second kappa shape index (κ2) is 9.40. The number of hydrogen-bond acceptors (Lipinski definition) is 6. The number of aryl methyl sites for hydroxylation is 1. The number of fused-ring (bicyclic) bond motifs is 1. The van der Waals surface area contributed by atoms with E-state index in [1.165, 1.54) is 9.75 Å². The molecule has 5 heterocycles. The highest BCUT2D eigenvalue weighted by atomic mass is 32.1. The fourth-order valence-electron chi connectivity index (χ4n) is 3.93. The number of hydrogen-bond donors (Lipinski definition) is 1. The van der Waals surface area contributed by atoms with E-state index in [4.69, 9.17) is 0 Å². The van der Waals surface area contributed by atoms with Gasteiger partial charge < -0.3 is 14.6 Å². The summed E-state index contributed by atoms with van der Waals surface area (Å²) in [5.41, 5.74) is 3.09. The van der Waals surface area contributed by atoms with Crippen LogP contribution in [0, 0.1) is 6.92 Å². The lowest BCUT2D eigenvalue weighted by Gasteiger charge is -2.34. The zero-order valence-corrected chi connectivity index (χ0v) is 19.7. The van der Waals surface area contributed by atoms with Gasteiger partial charge in [-0.25, -0.2) is 14.8 Å². The second-order valence-electron chi connectivity index (χ2n) is 7.96. The summed E-state index contributed by atoms with van der Waals surface area (Å²) >= 11 is 3.43. The Morgan fingerprint density at radius 2 is 2.00 bits per heavy atom. The maximum absolute atomic E-state index is 12.6. The molecule has 1 saturated heterocycles. The monoisotopic (exact) mass is 466 g/mol. The van der Waals surface area contributed by atoms with E-state index in [1.54, 1.807) is 22.7 Å². The van der Waals surface area contributed by atoms with Crippen molar-refractivity contribution in [2.45, 2.75) is 19.9 Å². The average molecular weight is 467 g/mol. The van der Waals surface area contributed by atoms with Crippen molar-refractivity contribution in [3.05, 3.63) is 63.7 Å². The predicted octanol–water partition coefficient (Wildman–Crippen LogP) is 3.90. The summed E-state index contributed by atoms with van der Waals surface area (Å²) in [5.74, 6) is 0. The first kappa shape index (κ1) is 21.1. The minimum absolute atomic E-state index is 0.0317. The Morgan fingerprint density at radius 1 is 1.12 bits per heavy atom. The molecule has 0 radical (unpaired) electrons. The minimum Gasteiger partial charge on any atom is -0.338 e. The topological polar surface area (TPSA) is 65.8 Å². The Kier molecular flexibility index (Phi) is 6.20. The Hall–Kier alpha value is -2.75. The molecule has 1 N–H and O–H groups in total. The van der Waals surface area contributed by atoms with Crippen LogP contribution in [-0.2, 0) is 13.0 Å². The lowest BCUT2D eigenvalue weighted by molar-refractivity contribution is 0.134. The van der Waals surface area contributed by atoms with Gasteiger partial charge in [-0.2, -0.15) is 0 Å². The fourth-order valence-corrected chi connectivity index (χ4v) is 5.59. The van der Waals surface area contributed by atoms with Crippen LogP contribution in [0.5, 0.6) is 0 Å². The largest absolute Gasteiger partial charge is 0.338 e. The van der Waals surface area contributed by atoms with Gasteiger partial charge in [0, 0.05) is 61.9 Å². The number of imidazole rings is 1. The molecule has 2 amide bonds. The van der Waals surface area contributed by atoms with E-state index in [1.807, 2.05) is 40.6 Å². The first-order valence-electron chi connectivity index (χ1n) is 10.8. The predicted molar refractivity (Wildman–Crippen MR) is 129 cm³/mol. The Bertz CT molecular complexity index is 1170. The van der Waals surface area contributed by atoms with Gasteiger partial charge in [0.05, 0.1) is 21.3 Å². The molecule has 9 heteroatoms. The van der Waals surface area contributed by atoms with Crippen LogP contribution in [0.1, 0.15) is 15.6 Å². The molecule has 7 nitrogen and oxygen atoms in total. The molecule has 4 aromatic rings. The normalized spacial score (nSPS) is 14.8. The number of rotatable bonds is 6. The number of nitrogens with one attached hydrogen (secondary N) is 1. The molecular weight excluding hydrogens is 440 g/mol. The van der Waals surface area contributed by atoms with Crippen molar-refractivity contribution in [3.63, 3.8) is 0 Å². The maximum Gasteiger partial charge on any atom is 0.317 e. The van der Waals surface area contributed by atoms with Gasteiger partial charge in [-0.1, -0.05) is 6.07 Å². The molecule has 0 saturated carbocycles. The summed E-state index contributed by atoms with van der Waals surface area (Å²) < 4.78 is 2.05. The number of thiophene rings is 1. The zero-order valence-electron chi connectivity index (χ0n) is 18.0. The van der Waals surface area contributed by atoms with Gasteiger partial charge in [0.15, 0.2) is 0 Å². The lowest BCUT2D eigenvalue weighted by Crippen LogP contribution is -2.51. The molecule has 1 aliphatic heterocycles. The number of amides is 2. The summed E-state index contributed by atoms with van der Waals surface area (Å²) in [7, 11) is 0. The number of carbonyl (C=O) groups is 1. The molecule has 0 spiro atoms. The molecular formula is C23H26N6OS2. The van der Waals surface area contributed by atoms with Crippen LogP contribution in [0.3, 0.4) is 0 Å². The third-order valence-electron chi connectivity index (χ3n) is 5.64. The lowest BCUT2D eigenvalue weighted by atomic mass is 10.3. The Balaban J connectivity index is 1.05. The van der Waals surface area contributed by atoms with Crippen LogP contribution in [0.2, 0.25) is 0 Å².